The normalized spacial score (nSPS) is 10.1. The molecule has 0 heterocycles. The van der Waals surface area contributed by atoms with Crippen molar-refractivity contribution in [2.24, 2.45) is 0 Å². The van der Waals surface area contributed by atoms with Gasteiger partial charge in [-0.05, 0) is 25.1 Å². The van der Waals surface area contributed by atoms with Crippen molar-refractivity contribution in [2.75, 3.05) is 36.5 Å². The molecule has 1 rings (SSSR count). The van der Waals surface area contributed by atoms with Crippen LogP contribution in [0.15, 0.2) is 24.3 Å². The van der Waals surface area contributed by atoms with Gasteiger partial charge in [0.15, 0.2) is 0 Å². The fourth-order valence-corrected chi connectivity index (χ4v) is 1.57. The van der Waals surface area contributed by atoms with Crippen molar-refractivity contribution >= 4 is 17.3 Å². The number of rotatable bonds is 6. The van der Waals surface area contributed by atoms with Crippen molar-refractivity contribution in [3.05, 3.63) is 24.3 Å². The summed E-state index contributed by atoms with van der Waals surface area (Å²) >= 11 is 0. The molecule has 0 atom stereocenters. The standard InChI is InChI=1S/C12H18N2O3/c1-2-14(6-7-15)11-5-3-4-10(8-11)13-12(17)9-16/h3-5,8,15-16H,2,6-7,9H2,1H3,(H,13,17). The minimum Gasteiger partial charge on any atom is -0.395 e. The van der Waals surface area contributed by atoms with Gasteiger partial charge in [-0.2, -0.15) is 0 Å². The molecule has 0 saturated carbocycles. The Labute approximate surface area is 101 Å². The first-order chi connectivity index (χ1) is 8.21. The Bertz CT molecular complexity index is 369. The minimum absolute atomic E-state index is 0.0844. The van der Waals surface area contributed by atoms with Crippen molar-refractivity contribution in [3.8, 4) is 0 Å². The summed E-state index contributed by atoms with van der Waals surface area (Å²) in [6.07, 6.45) is 0. The third-order valence-corrected chi connectivity index (χ3v) is 2.39. The number of aliphatic hydroxyl groups is 2. The number of likely N-dealkylation sites (N-methyl/N-ethyl adjacent to an activating group) is 1. The van der Waals surface area contributed by atoms with Crippen molar-refractivity contribution in [1.82, 2.24) is 0 Å². The Balaban J connectivity index is 2.80. The van der Waals surface area contributed by atoms with E-state index < -0.39 is 12.5 Å². The van der Waals surface area contributed by atoms with E-state index in [1.807, 2.05) is 30.0 Å². The molecule has 0 aliphatic heterocycles. The minimum atomic E-state index is -0.529. The zero-order chi connectivity index (χ0) is 12.7. The topological polar surface area (TPSA) is 72.8 Å². The average molecular weight is 238 g/mol. The predicted molar refractivity (Wildman–Crippen MR) is 67.1 cm³/mol. The molecular weight excluding hydrogens is 220 g/mol. The van der Waals surface area contributed by atoms with Gasteiger partial charge in [0.05, 0.1) is 6.61 Å². The van der Waals surface area contributed by atoms with Crippen molar-refractivity contribution < 1.29 is 15.0 Å². The van der Waals surface area contributed by atoms with Crippen molar-refractivity contribution in [1.29, 1.82) is 0 Å². The van der Waals surface area contributed by atoms with Crippen LogP contribution in [-0.2, 0) is 4.79 Å². The molecular formula is C12H18N2O3. The van der Waals surface area contributed by atoms with Crippen LogP contribution >= 0.6 is 0 Å². The van der Waals surface area contributed by atoms with E-state index in [-0.39, 0.29) is 6.61 Å². The van der Waals surface area contributed by atoms with Crippen LogP contribution in [0.5, 0.6) is 0 Å². The zero-order valence-electron chi connectivity index (χ0n) is 9.89. The molecule has 0 spiro atoms. The second-order valence-electron chi connectivity index (χ2n) is 3.56. The number of hydrogen-bond donors (Lipinski definition) is 3. The van der Waals surface area contributed by atoms with E-state index in [0.29, 0.717) is 12.2 Å². The molecule has 3 N–H and O–H groups in total. The van der Waals surface area contributed by atoms with Crippen molar-refractivity contribution in [3.63, 3.8) is 0 Å². The lowest BCUT2D eigenvalue weighted by Crippen LogP contribution is -2.26. The van der Waals surface area contributed by atoms with E-state index in [1.165, 1.54) is 0 Å². The summed E-state index contributed by atoms with van der Waals surface area (Å²) < 4.78 is 0. The number of aliphatic hydroxyl groups excluding tert-OH is 2. The molecule has 0 radical (unpaired) electrons. The van der Waals surface area contributed by atoms with Crippen molar-refractivity contribution in [2.45, 2.75) is 6.92 Å². The number of nitrogens with one attached hydrogen (secondary N) is 1. The van der Waals surface area contributed by atoms with Crippen LogP contribution in [0.2, 0.25) is 0 Å². The van der Waals surface area contributed by atoms with Crippen LogP contribution in [0.3, 0.4) is 0 Å². The lowest BCUT2D eigenvalue weighted by Gasteiger charge is -2.22. The molecule has 1 aromatic rings. The summed E-state index contributed by atoms with van der Waals surface area (Å²) in [5, 5.41) is 20.2. The van der Waals surface area contributed by atoms with Gasteiger partial charge < -0.3 is 20.4 Å². The van der Waals surface area contributed by atoms with Gasteiger partial charge in [0.25, 0.3) is 0 Å². The highest BCUT2D eigenvalue weighted by molar-refractivity contribution is 5.92. The number of benzene rings is 1. The molecule has 1 aromatic carbocycles. The molecule has 0 unspecified atom stereocenters. The van der Waals surface area contributed by atoms with Gasteiger partial charge in [-0.1, -0.05) is 6.07 Å². The first-order valence-electron chi connectivity index (χ1n) is 5.57. The third kappa shape index (κ3) is 4.05. The van der Waals surface area contributed by atoms with E-state index in [9.17, 15) is 4.79 Å². The molecule has 94 valence electrons. The van der Waals surface area contributed by atoms with Crippen LogP contribution in [-0.4, -0.2) is 42.4 Å². The largest absolute Gasteiger partial charge is 0.395 e. The molecule has 0 saturated heterocycles. The Morgan fingerprint density at radius 3 is 2.76 bits per heavy atom. The van der Waals surface area contributed by atoms with Crippen LogP contribution in [0.4, 0.5) is 11.4 Å². The monoisotopic (exact) mass is 238 g/mol. The van der Waals surface area contributed by atoms with E-state index in [1.54, 1.807) is 6.07 Å². The smallest absolute Gasteiger partial charge is 0.250 e. The Morgan fingerprint density at radius 1 is 1.41 bits per heavy atom. The van der Waals surface area contributed by atoms with Gasteiger partial charge in [0.1, 0.15) is 6.61 Å². The first kappa shape index (κ1) is 13.5. The third-order valence-electron chi connectivity index (χ3n) is 2.39. The number of anilines is 2. The van der Waals surface area contributed by atoms with Crippen LogP contribution in [0.1, 0.15) is 6.92 Å². The molecule has 0 bridgehead atoms. The fraction of sp³-hybridized carbons (Fsp3) is 0.417. The summed E-state index contributed by atoms with van der Waals surface area (Å²) in [5.74, 6) is -0.438. The van der Waals surface area contributed by atoms with Crippen LogP contribution in [0, 0.1) is 0 Å². The average Bonchev–Trinajstić information content (AvgIpc) is 2.36. The molecule has 0 fully saturated rings. The Hall–Kier alpha value is -1.59. The van der Waals surface area contributed by atoms with Gasteiger partial charge in [-0.25, -0.2) is 0 Å². The number of hydrogen-bond acceptors (Lipinski definition) is 4. The summed E-state index contributed by atoms with van der Waals surface area (Å²) in [6.45, 7) is 2.87. The SMILES string of the molecule is CCN(CCO)c1cccc(NC(=O)CO)c1. The van der Waals surface area contributed by atoms with E-state index in [2.05, 4.69) is 5.32 Å². The van der Waals surface area contributed by atoms with E-state index in [0.717, 1.165) is 12.2 Å². The summed E-state index contributed by atoms with van der Waals surface area (Å²) in [7, 11) is 0. The molecule has 5 nitrogen and oxygen atoms in total. The second-order valence-corrected chi connectivity index (χ2v) is 3.56. The molecule has 0 aliphatic rings. The first-order valence-corrected chi connectivity index (χ1v) is 5.57. The molecule has 5 heteroatoms. The number of amides is 1. The number of nitrogens with zero attached hydrogens (tertiary/aromatic N) is 1. The fourth-order valence-electron chi connectivity index (χ4n) is 1.57. The number of carbonyl (C=O) groups is 1. The second kappa shape index (κ2) is 6.88. The summed E-state index contributed by atoms with van der Waals surface area (Å²) in [5.41, 5.74) is 1.57. The maximum atomic E-state index is 11.0. The van der Waals surface area contributed by atoms with E-state index >= 15 is 0 Å². The van der Waals surface area contributed by atoms with Crippen LogP contribution in [0.25, 0.3) is 0 Å². The molecule has 0 aliphatic carbocycles. The van der Waals surface area contributed by atoms with Gasteiger partial charge in [-0.3, -0.25) is 4.79 Å². The maximum absolute atomic E-state index is 11.0. The molecule has 17 heavy (non-hydrogen) atoms. The quantitative estimate of drug-likeness (QED) is 0.672. The lowest BCUT2D eigenvalue weighted by atomic mass is 10.2. The zero-order valence-corrected chi connectivity index (χ0v) is 9.89. The maximum Gasteiger partial charge on any atom is 0.250 e. The highest BCUT2D eigenvalue weighted by Gasteiger charge is 2.05. The van der Waals surface area contributed by atoms with Gasteiger partial charge in [-0.15, -0.1) is 0 Å². The predicted octanol–water partition coefficient (Wildman–Crippen LogP) is 0.436. The van der Waals surface area contributed by atoms with Gasteiger partial charge >= 0.3 is 0 Å². The van der Waals surface area contributed by atoms with E-state index in [4.69, 9.17) is 10.2 Å². The highest BCUT2D eigenvalue weighted by Crippen LogP contribution is 2.19. The van der Waals surface area contributed by atoms with Crippen LogP contribution < -0.4 is 10.2 Å². The Morgan fingerprint density at radius 2 is 2.18 bits per heavy atom. The summed E-state index contributed by atoms with van der Waals surface area (Å²) in [6, 6.07) is 7.30. The lowest BCUT2D eigenvalue weighted by molar-refractivity contribution is -0.118. The highest BCUT2D eigenvalue weighted by atomic mass is 16.3. The number of carbonyl (C=O) groups excluding carboxylic acids is 1. The summed E-state index contributed by atoms with van der Waals surface area (Å²) in [4.78, 5) is 13.0. The van der Waals surface area contributed by atoms with Gasteiger partial charge in [0.2, 0.25) is 5.91 Å². The molecule has 0 aromatic heterocycles. The molecule has 1 amide bonds. The Kier molecular flexibility index (Phi) is 5.45. The van der Waals surface area contributed by atoms with Gasteiger partial charge in [0, 0.05) is 24.5 Å².